The van der Waals surface area contributed by atoms with E-state index in [-0.39, 0.29) is 16.4 Å². The zero-order chi connectivity index (χ0) is 21.3. The van der Waals surface area contributed by atoms with Crippen LogP contribution in [-0.2, 0) is 9.53 Å². The molecule has 0 fully saturated rings. The third kappa shape index (κ3) is 4.39. The minimum atomic E-state index is -0.835. The van der Waals surface area contributed by atoms with E-state index in [0.29, 0.717) is 22.3 Å². The summed E-state index contributed by atoms with van der Waals surface area (Å²) < 4.78 is 16.2. The highest BCUT2D eigenvalue weighted by molar-refractivity contribution is 6.00. The van der Waals surface area contributed by atoms with Crippen LogP contribution in [0.1, 0.15) is 38.1 Å². The van der Waals surface area contributed by atoms with Crippen LogP contribution in [0.3, 0.4) is 0 Å². The van der Waals surface area contributed by atoms with Crippen molar-refractivity contribution < 1.29 is 23.5 Å². The van der Waals surface area contributed by atoms with Crippen LogP contribution in [0.5, 0.6) is 5.75 Å². The molecule has 0 unspecified atom stereocenters. The van der Waals surface area contributed by atoms with E-state index in [1.807, 2.05) is 0 Å². The summed E-state index contributed by atoms with van der Waals surface area (Å²) >= 11 is 0. The van der Waals surface area contributed by atoms with Crippen LogP contribution >= 0.6 is 0 Å². The lowest BCUT2D eigenvalue weighted by Gasteiger charge is -2.22. The largest absolute Gasteiger partial charge is 0.497 e. The van der Waals surface area contributed by atoms with Crippen molar-refractivity contribution in [2.75, 3.05) is 7.11 Å². The monoisotopic (exact) mass is 397 g/mol. The SMILES string of the molecule is COc1ccc2c(=O)c3cc(C(=O)N[C@H](C)C(=O)OC(C)(C)C)ccc3oc2c1. The lowest BCUT2D eigenvalue weighted by Crippen LogP contribution is -2.42. The van der Waals surface area contributed by atoms with Crippen LogP contribution in [0.25, 0.3) is 21.9 Å². The summed E-state index contributed by atoms with van der Waals surface area (Å²) in [5.74, 6) is -0.447. The van der Waals surface area contributed by atoms with E-state index < -0.39 is 23.5 Å². The van der Waals surface area contributed by atoms with Gasteiger partial charge in [-0.15, -0.1) is 0 Å². The van der Waals surface area contributed by atoms with Crippen molar-refractivity contribution in [1.29, 1.82) is 0 Å². The molecule has 0 bridgehead atoms. The first-order chi connectivity index (χ1) is 13.6. The molecule has 29 heavy (non-hydrogen) atoms. The summed E-state index contributed by atoms with van der Waals surface area (Å²) in [7, 11) is 1.53. The minimum Gasteiger partial charge on any atom is -0.497 e. The zero-order valence-corrected chi connectivity index (χ0v) is 17.0. The van der Waals surface area contributed by atoms with Crippen molar-refractivity contribution in [3.63, 3.8) is 0 Å². The fourth-order valence-corrected chi connectivity index (χ4v) is 2.83. The standard InChI is InChI=1S/C22H23NO6/c1-12(21(26)29-22(2,3)4)23-20(25)13-6-9-17-16(10-13)19(24)15-8-7-14(27-5)11-18(15)28-17/h6-12H,1-5H3,(H,23,25)/t12-/m1/s1. The number of amides is 1. The van der Waals surface area contributed by atoms with Crippen molar-refractivity contribution >= 4 is 33.8 Å². The van der Waals surface area contributed by atoms with Gasteiger partial charge in [0.15, 0.2) is 0 Å². The third-order valence-electron chi connectivity index (χ3n) is 4.25. The summed E-state index contributed by atoms with van der Waals surface area (Å²) in [5.41, 5.74) is 0.0961. The van der Waals surface area contributed by atoms with Crippen molar-refractivity contribution in [3.05, 3.63) is 52.2 Å². The number of ether oxygens (including phenoxy) is 2. The molecule has 0 spiro atoms. The van der Waals surface area contributed by atoms with Gasteiger partial charge in [-0.1, -0.05) is 0 Å². The normalized spacial score (nSPS) is 12.6. The van der Waals surface area contributed by atoms with Crippen LogP contribution in [-0.4, -0.2) is 30.6 Å². The van der Waals surface area contributed by atoms with E-state index in [0.717, 1.165) is 0 Å². The van der Waals surface area contributed by atoms with Gasteiger partial charge in [0.05, 0.1) is 17.9 Å². The number of methoxy groups -OCH3 is 1. The number of hydrogen-bond acceptors (Lipinski definition) is 6. The Balaban J connectivity index is 1.91. The number of carbonyl (C=O) groups excluding carboxylic acids is 2. The van der Waals surface area contributed by atoms with Gasteiger partial charge in [0.2, 0.25) is 5.43 Å². The van der Waals surface area contributed by atoms with Gasteiger partial charge in [-0.3, -0.25) is 9.59 Å². The van der Waals surface area contributed by atoms with Crippen molar-refractivity contribution in [1.82, 2.24) is 5.32 Å². The fraction of sp³-hybridized carbons (Fsp3) is 0.318. The Morgan fingerprint density at radius 1 is 1.03 bits per heavy atom. The topological polar surface area (TPSA) is 94.8 Å². The molecule has 7 nitrogen and oxygen atoms in total. The number of carbonyl (C=O) groups is 2. The number of rotatable bonds is 4. The summed E-state index contributed by atoms with van der Waals surface area (Å²) in [5, 5.41) is 3.26. The highest BCUT2D eigenvalue weighted by Gasteiger charge is 2.23. The van der Waals surface area contributed by atoms with Crippen LogP contribution in [0.2, 0.25) is 0 Å². The molecular formula is C22H23NO6. The molecule has 1 heterocycles. The first-order valence-electron chi connectivity index (χ1n) is 9.17. The molecule has 7 heteroatoms. The number of nitrogens with one attached hydrogen (secondary N) is 1. The number of fused-ring (bicyclic) bond motifs is 2. The van der Waals surface area contributed by atoms with E-state index in [1.54, 1.807) is 52.0 Å². The molecule has 0 saturated carbocycles. The Hall–Kier alpha value is -3.35. The second-order valence-corrected chi connectivity index (χ2v) is 7.73. The highest BCUT2D eigenvalue weighted by atomic mass is 16.6. The second-order valence-electron chi connectivity index (χ2n) is 7.73. The summed E-state index contributed by atoms with van der Waals surface area (Å²) in [6.45, 7) is 6.80. The van der Waals surface area contributed by atoms with Gasteiger partial charge in [0.25, 0.3) is 5.91 Å². The van der Waals surface area contributed by atoms with Gasteiger partial charge in [-0.25, -0.2) is 4.79 Å². The maximum absolute atomic E-state index is 12.8. The Morgan fingerprint density at radius 2 is 1.76 bits per heavy atom. The first kappa shape index (κ1) is 20.4. The van der Waals surface area contributed by atoms with Crippen LogP contribution in [0, 0.1) is 0 Å². The minimum absolute atomic E-state index is 0.244. The highest BCUT2D eigenvalue weighted by Crippen LogP contribution is 2.23. The molecule has 1 aromatic heterocycles. The maximum Gasteiger partial charge on any atom is 0.328 e. The van der Waals surface area contributed by atoms with Crippen molar-refractivity contribution in [2.24, 2.45) is 0 Å². The number of benzene rings is 2. The lowest BCUT2D eigenvalue weighted by molar-refractivity contribution is -0.156. The predicted octanol–water partition coefficient (Wildman–Crippen LogP) is 3.41. The molecule has 1 atom stereocenters. The molecule has 0 aliphatic carbocycles. The summed E-state index contributed by atoms with van der Waals surface area (Å²) in [6, 6.07) is 8.65. The molecule has 0 saturated heterocycles. The van der Waals surface area contributed by atoms with E-state index in [9.17, 15) is 14.4 Å². The lowest BCUT2D eigenvalue weighted by atomic mass is 10.1. The van der Waals surface area contributed by atoms with Crippen LogP contribution in [0.4, 0.5) is 0 Å². The van der Waals surface area contributed by atoms with E-state index in [2.05, 4.69) is 5.32 Å². The molecule has 3 rings (SSSR count). The Labute approximate surface area is 167 Å². The number of hydrogen-bond donors (Lipinski definition) is 1. The first-order valence-corrected chi connectivity index (χ1v) is 9.17. The predicted molar refractivity (Wildman–Crippen MR) is 109 cm³/mol. The average molecular weight is 397 g/mol. The van der Waals surface area contributed by atoms with Gasteiger partial charge in [-0.2, -0.15) is 0 Å². The molecule has 1 amide bonds. The zero-order valence-electron chi connectivity index (χ0n) is 17.0. The molecule has 1 N–H and O–H groups in total. The Kier molecular flexibility index (Phi) is 5.33. The number of esters is 1. The molecule has 0 aliphatic heterocycles. The quantitative estimate of drug-likeness (QED) is 0.535. The van der Waals surface area contributed by atoms with E-state index >= 15 is 0 Å². The van der Waals surface area contributed by atoms with E-state index in [4.69, 9.17) is 13.9 Å². The van der Waals surface area contributed by atoms with Gasteiger partial charge in [-0.05, 0) is 58.0 Å². The Bertz CT molecular complexity index is 1160. The van der Waals surface area contributed by atoms with E-state index in [1.165, 1.54) is 19.2 Å². The Morgan fingerprint density at radius 3 is 2.41 bits per heavy atom. The molecule has 0 radical (unpaired) electrons. The summed E-state index contributed by atoms with van der Waals surface area (Å²) in [6.07, 6.45) is 0. The summed E-state index contributed by atoms with van der Waals surface area (Å²) in [4.78, 5) is 37.5. The fourth-order valence-electron chi connectivity index (χ4n) is 2.83. The molecule has 152 valence electrons. The molecule has 2 aromatic carbocycles. The average Bonchev–Trinajstić information content (AvgIpc) is 2.66. The van der Waals surface area contributed by atoms with Crippen molar-refractivity contribution in [3.8, 4) is 5.75 Å². The van der Waals surface area contributed by atoms with Gasteiger partial charge < -0.3 is 19.2 Å². The van der Waals surface area contributed by atoms with Gasteiger partial charge in [0.1, 0.15) is 28.6 Å². The van der Waals surface area contributed by atoms with Crippen LogP contribution < -0.4 is 15.5 Å². The molecular weight excluding hydrogens is 374 g/mol. The molecule has 3 aromatic rings. The third-order valence-corrected chi connectivity index (χ3v) is 4.25. The molecule has 0 aliphatic rings. The maximum atomic E-state index is 12.8. The van der Waals surface area contributed by atoms with Crippen LogP contribution in [0.15, 0.2) is 45.6 Å². The van der Waals surface area contributed by atoms with Crippen molar-refractivity contribution in [2.45, 2.75) is 39.3 Å². The second kappa shape index (κ2) is 7.58. The van der Waals surface area contributed by atoms with Gasteiger partial charge >= 0.3 is 5.97 Å². The smallest absolute Gasteiger partial charge is 0.328 e. The van der Waals surface area contributed by atoms with Gasteiger partial charge in [0, 0.05) is 11.6 Å².